The van der Waals surface area contributed by atoms with Crippen LogP contribution in [0.3, 0.4) is 0 Å². The van der Waals surface area contributed by atoms with Crippen LogP contribution in [0.2, 0.25) is 0 Å². The molecule has 0 fully saturated rings. The van der Waals surface area contributed by atoms with Gasteiger partial charge in [-0.05, 0) is 56.9 Å². The summed E-state index contributed by atoms with van der Waals surface area (Å²) in [6.45, 7) is 0. The molecule has 0 saturated carbocycles. The quantitative estimate of drug-likeness (QED) is 0.529. The highest BCUT2D eigenvalue weighted by molar-refractivity contribution is 5.95. The second-order valence-corrected chi connectivity index (χ2v) is 5.79. The van der Waals surface area contributed by atoms with Gasteiger partial charge in [-0.15, -0.1) is 5.11 Å². The van der Waals surface area contributed by atoms with Crippen molar-refractivity contribution in [1.82, 2.24) is 4.90 Å². The molecule has 0 aliphatic carbocycles. The molecule has 0 unspecified atom stereocenters. The third-order valence-electron chi connectivity index (χ3n) is 3.04. The van der Waals surface area contributed by atoms with Gasteiger partial charge in [-0.25, -0.2) is 0 Å². The molecule has 5 heteroatoms. The lowest BCUT2D eigenvalue weighted by Gasteiger charge is -2.03. The predicted molar refractivity (Wildman–Crippen MR) is 100 cm³/mol. The topological polar surface area (TPSA) is 74.2 Å². The summed E-state index contributed by atoms with van der Waals surface area (Å²) < 4.78 is 0. The van der Waals surface area contributed by atoms with E-state index in [9.17, 15) is 5.11 Å². The molecular weight excluding hydrogens is 300 g/mol. The molecule has 0 radical (unpaired) electrons. The summed E-state index contributed by atoms with van der Waals surface area (Å²) in [5.41, 5.74) is 7.46. The van der Waals surface area contributed by atoms with E-state index in [1.54, 1.807) is 30.3 Å². The second-order valence-electron chi connectivity index (χ2n) is 5.79. The standard InChI is InChI=1S/C16H13N3O.C3H9N/c17-12-6-8-13(9-7-12)18-19-16-14-4-2-1-3-11(14)5-10-15(16)20;1-4(2)3/h1-10,20H,17H2;1-3H3. The summed E-state index contributed by atoms with van der Waals surface area (Å²) in [6.07, 6.45) is 0. The van der Waals surface area contributed by atoms with E-state index in [0.717, 1.165) is 10.8 Å². The van der Waals surface area contributed by atoms with Gasteiger partial charge < -0.3 is 15.7 Å². The van der Waals surface area contributed by atoms with E-state index in [-0.39, 0.29) is 5.75 Å². The van der Waals surface area contributed by atoms with Crippen LogP contribution in [0.15, 0.2) is 70.9 Å². The van der Waals surface area contributed by atoms with E-state index in [1.807, 2.05) is 56.4 Å². The smallest absolute Gasteiger partial charge is 0.143 e. The number of aromatic hydroxyl groups is 1. The number of rotatable bonds is 2. The molecule has 0 aliphatic heterocycles. The minimum atomic E-state index is 0.114. The third kappa shape index (κ3) is 4.79. The van der Waals surface area contributed by atoms with E-state index in [4.69, 9.17) is 5.73 Å². The molecule has 0 atom stereocenters. The van der Waals surface area contributed by atoms with E-state index in [1.165, 1.54) is 0 Å². The molecule has 0 saturated heterocycles. The molecular formula is C19H22N4O. The van der Waals surface area contributed by atoms with E-state index < -0.39 is 0 Å². The maximum atomic E-state index is 9.96. The van der Waals surface area contributed by atoms with E-state index >= 15 is 0 Å². The molecule has 124 valence electrons. The van der Waals surface area contributed by atoms with Crippen LogP contribution in [-0.4, -0.2) is 31.1 Å². The number of azo groups is 1. The number of fused-ring (bicyclic) bond motifs is 1. The fourth-order valence-corrected chi connectivity index (χ4v) is 2.00. The first kappa shape index (κ1) is 17.4. The minimum absolute atomic E-state index is 0.114. The summed E-state index contributed by atoms with van der Waals surface area (Å²) in [5, 5.41) is 20.1. The highest BCUT2D eigenvalue weighted by Gasteiger charge is 2.05. The number of nitrogen functional groups attached to an aromatic ring is 1. The van der Waals surface area contributed by atoms with Gasteiger partial charge >= 0.3 is 0 Å². The van der Waals surface area contributed by atoms with Gasteiger partial charge in [-0.1, -0.05) is 30.3 Å². The maximum absolute atomic E-state index is 9.96. The van der Waals surface area contributed by atoms with Crippen LogP contribution in [0.4, 0.5) is 17.1 Å². The highest BCUT2D eigenvalue weighted by Crippen LogP contribution is 2.35. The number of hydrogen-bond acceptors (Lipinski definition) is 5. The summed E-state index contributed by atoms with van der Waals surface area (Å²) >= 11 is 0. The Hall–Kier alpha value is -2.92. The zero-order chi connectivity index (χ0) is 17.5. The monoisotopic (exact) mass is 322 g/mol. The van der Waals surface area contributed by atoms with Crippen molar-refractivity contribution >= 4 is 27.8 Å². The molecule has 3 aromatic rings. The van der Waals surface area contributed by atoms with Crippen molar-refractivity contribution in [2.24, 2.45) is 10.2 Å². The lowest BCUT2D eigenvalue weighted by Crippen LogP contribution is -1.99. The molecule has 0 spiro atoms. The van der Waals surface area contributed by atoms with E-state index in [2.05, 4.69) is 10.2 Å². The molecule has 0 heterocycles. The largest absolute Gasteiger partial charge is 0.506 e. The van der Waals surface area contributed by atoms with Crippen LogP contribution < -0.4 is 5.73 Å². The van der Waals surface area contributed by atoms with Crippen LogP contribution in [0.1, 0.15) is 0 Å². The molecule has 0 amide bonds. The molecule has 0 aromatic heterocycles. The lowest BCUT2D eigenvalue weighted by molar-refractivity contribution is 0.477. The van der Waals surface area contributed by atoms with Crippen molar-refractivity contribution in [3.63, 3.8) is 0 Å². The van der Waals surface area contributed by atoms with Crippen LogP contribution in [0, 0.1) is 0 Å². The molecule has 3 aromatic carbocycles. The first-order valence-electron chi connectivity index (χ1n) is 7.56. The van der Waals surface area contributed by atoms with Crippen LogP contribution in [0.5, 0.6) is 5.75 Å². The number of phenols is 1. The summed E-state index contributed by atoms with van der Waals surface area (Å²) in [7, 11) is 6.00. The van der Waals surface area contributed by atoms with Crippen LogP contribution in [-0.2, 0) is 0 Å². The maximum Gasteiger partial charge on any atom is 0.143 e. The van der Waals surface area contributed by atoms with Gasteiger partial charge in [-0.3, -0.25) is 0 Å². The Labute approximate surface area is 142 Å². The summed E-state index contributed by atoms with van der Waals surface area (Å²) in [5.74, 6) is 0.114. The molecule has 0 aliphatic rings. The van der Waals surface area contributed by atoms with Gasteiger partial charge in [-0.2, -0.15) is 5.11 Å². The van der Waals surface area contributed by atoms with Gasteiger partial charge in [0.15, 0.2) is 0 Å². The molecule has 5 nitrogen and oxygen atoms in total. The third-order valence-corrected chi connectivity index (χ3v) is 3.04. The van der Waals surface area contributed by atoms with Gasteiger partial charge in [0.25, 0.3) is 0 Å². The van der Waals surface area contributed by atoms with Crippen molar-refractivity contribution in [2.45, 2.75) is 0 Å². The van der Waals surface area contributed by atoms with Crippen molar-refractivity contribution in [3.8, 4) is 5.75 Å². The number of nitrogens with zero attached hydrogens (tertiary/aromatic N) is 3. The zero-order valence-electron chi connectivity index (χ0n) is 14.1. The predicted octanol–water partition coefficient (Wildman–Crippen LogP) is 4.72. The fourth-order valence-electron chi connectivity index (χ4n) is 2.00. The number of hydrogen-bond donors (Lipinski definition) is 2. The first-order chi connectivity index (χ1) is 11.5. The number of benzene rings is 3. The summed E-state index contributed by atoms with van der Waals surface area (Å²) in [6, 6.07) is 18.3. The van der Waals surface area contributed by atoms with Gasteiger partial charge in [0.05, 0.1) is 5.69 Å². The Morgan fingerprint density at radius 3 is 2.12 bits per heavy atom. The average Bonchev–Trinajstić information content (AvgIpc) is 2.55. The lowest BCUT2D eigenvalue weighted by atomic mass is 10.1. The highest BCUT2D eigenvalue weighted by atomic mass is 16.3. The van der Waals surface area contributed by atoms with Crippen molar-refractivity contribution in [3.05, 3.63) is 60.7 Å². The first-order valence-corrected chi connectivity index (χ1v) is 7.56. The van der Waals surface area contributed by atoms with E-state index in [0.29, 0.717) is 17.1 Å². The Kier molecular flexibility index (Phi) is 5.87. The SMILES string of the molecule is CN(C)C.Nc1ccc(N=Nc2c(O)ccc3ccccc23)cc1. The van der Waals surface area contributed by atoms with Crippen molar-refractivity contribution < 1.29 is 5.11 Å². The van der Waals surface area contributed by atoms with Gasteiger partial charge in [0, 0.05) is 11.1 Å². The molecule has 0 bridgehead atoms. The molecule has 24 heavy (non-hydrogen) atoms. The van der Waals surface area contributed by atoms with Crippen LogP contribution >= 0.6 is 0 Å². The number of nitrogens with two attached hydrogens (primary N) is 1. The normalized spacial score (nSPS) is 10.8. The molecule has 3 rings (SSSR count). The number of anilines is 1. The second kappa shape index (κ2) is 8.08. The Balaban J connectivity index is 0.000000471. The Morgan fingerprint density at radius 2 is 1.46 bits per heavy atom. The van der Waals surface area contributed by atoms with Crippen molar-refractivity contribution in [1.29, 1.82) is 0 Å². The van der Waals surface area contributed by atoms with Crippen molar-refractivity contribution in [2.75, 3.05) is 26.9 Å². The Morgan fingerprint density at radius 1 is 0.833 bits per heavy atom. The van der Waals surface area contributed by atoms with Crippen LogP contribution in [0.25, 0.3) is 10.8 Å². The van der Waals surface area contributed by atoms with Gasteiger partial charge in [0.1, 0.15) is 11.4 Å². The summed E-state index contributed by atoms with van der Waals surface area (Å²) in [4.78, 5) is 2.00. The Bertz CT molecular complexity index is 824. The average molecular weight is 322 g/mol. The number of phenolic OH excluding ortho intramolecular Hbond substituents is 1. The zero-order valence-corrected chi connectivity index (χ0v) is 14.1. The fraction of sp³-hybridized carbons (Fsp3) is 0.158. The molecule has 3 N–H and O–H groups in total. The minimum Gasteiger partial charge on any atom is -0.506 e. The van der Waals surface area contributed by atoms with Gasteiger partial charge in [0.2, 0.25) is 0 Å².